The average molecular weight is 480 g/mol. The van der Waals surface area contributed by atoms with Crippen molar-refractivity contribution in [3.63, 3.8) is 0 Å². The molecular formula is C20H41Cl3O4Si. The van der Waals surface area contributed by atoms with Gasteiger partial charge in [0.05, 0.1) is 0 Å². The fraction of sp³-hybridized carbons (Fsp3) is 1.00. The van der Waals surface area contributed by atoms with Crippen LogP contribution in [0.15, 0.2) is 0 Å². The molecule has 0 rings (SSSR count). The molecule has 0 atom stereocenters. The third kappa shape index (κ3) is 17.8. The van der Waals surface area contributed by atoms with Gasteiger partial charge in [-0.3, -0.25) is 0 Å². The molecule has 0 N–H and O–H groups in total. The van der Waals surface area contributed by atoms with Gasteiger partial charge < -0.3 is 17.7 Å². The number of hydrogen-bond acceptors (Lipinski definition) is 4. The fourth-order valence-corrected chi connectivity index (χ4v) is 5.27. The van der Waals surface area contributed by atoms with Gasteiger partial charge in [0.15, 0.2) is 0 Å². The van der Waals surface area contributed by atoms with Crippen molar-refractivity contribution in [3.8, 4) is 0 Å². The molecule has 8 heteroatoms. The first-order valence-corrected chi connectivity index (χ1v) is 14.2. The first kappa shape index (κ1) is 28.9. The van der Waals surface area contributed by atoms with Crippen LogP contribution in [-0.4, -0.2) is 53.1 Å². The van der Waals surface area contributed by atoms with E-state index in [0.717, 1.165) is 94.7 Å². The molecule has 0 aromatic heterocycles. The van der Waals surface area contributed by atoms with E-state index in [4.69, 9.17) is 52.5 Å². The molecule has 170 valence electrons. The van der Waals surface area contributed by atoms with E-state index in [1.54, 1.807) is 0 Å². The second-order valence-electron chi connectivity index (χ2n) is 6.79. The summed E-state index contributed by atoms with van der Waals surface area (Å²) in [7, 11) is -3.08. The molecule has 28 heavy (non-hydrogen) atoms. The Balaban J connectivity index is 4.39. The minimum Gasteiger partial charge on any atom is -0.351 e. The summed E-state index contributed by atoms with van der Waals surface area (Å²) >= 11 is 17.2. The van der Waals surface area contributed by atoms with Crippen LogP contribution in [0.2, 0.25) is 0 Å². The number of unbranched alkanes of at least 4 members (excludes halogenated alkanes) is 9. The lowest BCUT2D eigenvalue weighted by Crippen LogP contribution is -2.50. The largest absolute Gasteiger partial charge is 0.679 e. The van der Waals surface area contributed by atoms with Gasteiger partial charge >= 0.3 is 9.05 Å². The van der Waals surface area contributed by atoms with Crippen LogP contribution in [-0.2, 0) is 17.7 Å². The first-order valence-electron chi connectivity index (χ1n) is 11.0. The van der Waals surface area contributed by atoms with Crippen LogP contribution in [0.5, 0.6) is 0 Å². The molecule has 0 fully saturated rings. The Hall–Kier alpha value is 0.927. The average Bonchev–Trinajstić information content (AvgIpc) is 2.70. The number of hydrogen-bond donors (Lipinski definition) is 0. The minimum atomic E-state index is -3.08. The maximum absolute atomic E-state index is 6.10. The van der Waals surface area contributed by atoms with Crippen LogP contribution in [0, 0.1) is 0 Å². The third-order valence-corrected chi connectivity index (χ3v) is 7.36. The molecule has 0 spiro atoms. The van der Waals surface area contributed by atoms with Crippen LogP contribution in [0.4, 0.5) is 0 Å². The molecule has 0 bridgehead atoms. The van der Waals surface area contributed by atoms with Gasteiger partial charge in [0.25, 0.3) is 0 Å². The first-order chi connectivity index (χ1) is 13.7. The highest BCUT2D eigenvalue weighted by molar-refractivity contribution is 6.53. The van der Waals surface area contributed by atoms with Crippen molar-refractivity contribution < 1.29 is 17.7 Å². The van der Waals surface area contributed by atoms with Gasteiger partial charge in [-0.1, -0.05) is 38.5 Å². The van der Waals surface area contributed by atoms with Crippen molar-refractivity contribution in [3.05, 3.63) is 0 Å². The topological polar surface area (TPSA) is 36.9 Å². The van der Waals surface area contributed by atoms with Crippen molar-refractivity contribution in [1.29, 1.82) is 0 Å². The molecule has 0 heterocycles. The summed E-state index contributed by atoms with van der Waals surface area (Å²) in [5.74, 6) is 2.16. The lowest BCUT2D eigenvalue weighted by Gasteiger charge is -2.28. The maximum Gasteiger partial charge on any atom is 0.679 e. The lowest BCUT2D eigenvalue weighted by atomic mass is 10.2. The van der Waals surface area contributed by atoms with Gasteiger partial charge in [0, 0.05) is 44.1 Å². The van der Waals surface area contributed by atoms with Gasteiger partial charge in [0.2, 0.25) is 0 Å². The quantitative estimate of drug-likeness (QED) is 0.0906. The highest BCUT2D eigenvalue weighted by Gasteiger charge is 2.45. The Morgan fingerprint density at radius 3 is 1.07 bits per heavy atom. The summed E-state index contributed by atoms with van der Waals surface area (Å²) in [5, 5.41) is 0. The van der Waals surface area contributed by atoms with Gasteiger partial charge in [-0.15, -0.1) is 34.8 Å². The standard InChI is InChI=1S/C20H41Cl3O4Si/c1-2-24-28(25-18-12-6-3-9-15-21,26-19-13-7-4-10-16-22)27-20-14-8-5-11-17-23/h2-20H2,1H3. The molecule has 0 aromatic carbocycles. The molecule has 0 amide bonds. The van der Waals surface area contributed by atoms with Gasteiger partial charge in [-0.25, -0.2) is 0 Å². The Morgan fingerprint density at radius 2 is 0.786 bits per heavy atom. The predicted molar refractivity (Wildman–Crippen MR) is 123 cm³/mol. The van der Waals surface area contributed by atoms with Crippen LogP contribution in [0.1, 0.15) is 84.0 Å². The maximum atomic E-state index is 6.10. The fourth-order valence-electron chi connectivity index (χ4n) is 2.67. The zero-order valence-corrected chi connectivity index (χ0v) is 21.0. The molecule has 0 aromatic rings. The Morgan fingerprint density at radius 1 is 0.464 bits per heavy atom. The normalized spacial score (nSPS) is 12.0. The smallest absolute Gasteiger partial charge is 0.351 e. The van der Waals surface area contributed by atoms with E-state index in [1.165, 1.54) is 0 Å². The minimum absolute atomic E-state index is 0.525. The molecule has 0 radical (unpaired) electrons. The number of alkyl halides is 3. The van der Waals surface area contributed by atoms with Gasteiger partial charge in [-0.2, -0.15) is 0 Å². The second-order valence-corrected chi connectivity index (χ2v) is 10.1. The van der Waals surface area contributed by atoms with E-state index in [0.29, 0.717) is 26.4 Å². The summed E-state index contributed by atoms with van der Waals surface area (Å²) in [5.41, 5.74) is 0. The highest BCUT2D eigenvalue weighted by atomic mass is 35.5. The summed E-state index contributed by atoms with van der Waals surface area (Å²) < 4.78 is 24.2. The Labute approximate surface area is 189 Å². The van der Waals surface area contributed by atoms with E-state index in [-0.39, 0.29) is 0 Å². The zero-order chi connectivity index (χ0) is 20.8. The second kappa shape index (κ2) is 22.6. The van der Waals surface area contributed by atoms with Crippen LogP contribution in [0.25, 0.3) is 0 Å². The third-order valence-electron chi connectivity index (χ3n) is 4.24. The Kier molecular flexibility index (Phi) is 23.4. The van der Waals surface area contributed by atoms with Gasteiger partial charge in [0.1, 0.15) is 0 Å². The lowest BCUT2D eigenvalue weighted by molar-refractivity contribution is -0.0344. The van der Waals surface area contributed by atoms with Crippen LogP contribution in [0.3, 0.4) is 0 Å². The number of halogens is 3. The molecule has 0 aliphatic heterocycles. The molecule has 0 aliphatic rings. The van der Waals surface area contributed by atoms with E-state index in [2.05, 4.69) is 0 Å². The zero-order valence-electron chi connectivity index (χ0n) is 17.7. The monoisotopic (exact) mass is 478 g/mol. The molecule has 0 saturated carbocycles. The summed E-state index contributed by atoms with van der Waals surface area (Å²) in [6.45, 7) is 4.29. The van der Waals surface area contributed by atoms with Crippen molar-refractivity contribution >= 4 is 43.9 Å². The van der Waals surface area contributed by atoms with Crippen molar-refractivity contribution in [2.24, 2.45) is 0 Å². The molecule has 0 aliphatic carbocycles. The summed E-state index contributed by atoms with van der Waals surface area (Å²) in [4.78, 5) is 0. The predicted octanol–water partition coefficient (Wildman–Crippen LogP) is 6.91. The van der Waals surface area contributed by atoms with E-state index >= 15 is 0 Å². The highest BCUT2D eigenvalue weighted by Crippen LogP contribution is 2.16. The van der Waals surface area contributed by atoms with Crippen molar-refractivity contribution in [1.82, 2.24) is 0 Å². The summed E-state index contributed by atoms with van der Waals surface area (Å²) in [6, 6.07) is 0. The SMILES string of the molecule is CCO[Si](OCCCCCCCl)(OCCCCCCCl)OCCCCCCCl. The van der Waals surface area contributed by atoms with Crippen LogP contribution < -0.4 is 0 Å². The van der Waals surface area contributed by atoms with E-state index in [9.17, 15) is 0 Å². The number of rotatable bonds is 23. The molecule has 0 unspecified atom stereocenters. The molecular weight excluding hydrogens is 439 g/mol. The van der Waals surface area contributed by atoms with Crippen LogP contribution >= 0.6 is 34.8 Å². The molecule has 0 saturated heterocycles. The Bertz CT molecular complexity index is 274. The van der Waals surface area contributed by atoms with Crippen molar-refractivity contribution in [2.45, 2.75) is 84.0 Å². The van der Waals surface area contributed by atoms with E-state index < -0.39 is 9.05 Å². The van der Waals surface area contributed by atoms with Crippen molar-refractivity contribution in [2.75, 3.05) is 44.1 Å². The molecule has 4 nitrogen and oxygen atoms in total. The van der Waals surface area contributed by atoms with Gasteiger partial charge in [-0.05, 0) is 45.4 Å². The summed E-state index contributed by atoms with van der Waals surface area (Å²) in [6.07, 6.45) is 12.7. The van der Waals surface area contributed by atoms with E-state index in [1.807, 2.05) is 6.92 Å².